The lowest BCUT2D eigenvalue weighted by molar-refractivity contribution is -0.139. The number of para-hydroxylation sites is 1. The first-order valence-electron chi connectivity index (χ1n) is 6.26. The van der Waals surface area contributed by atoms with Crippen LogP contribution in [-0.2, 0) is 16.0 Å². The van der Waals surface area contributed by atoms with E-state index in [-0.39, 0.29) is 18.4 Å². The van der Waals surface area contributed by atoms with E-state index in [1.165, 1.54) is 18.4 Å². The van der Waals surface area contributed by atoms with Crippen LogP contribution < -0.4 is 10.1 Å². The zero-order chi connectivity index (χ0) is 13.9. The molecule has 0 amide bonds. The predicted octanol–water partition coefficient (Wildman–Crippen LogP) is 2.40. The maximum Gasteiger partial charge on any atom is 0.311 e. The largest absolute Gasteiger partial charge is 0.491 e. The van der Waals surface area contributed by atoms with Gasteiger partial charge < -0.3 is 14.8 Å². The standard InChI is InChI=1S/C14H14N2O3S/c1-18-13(17)6-9-8-20-14(15-9)16-11-7-19-12-5-3-2-4-10(11)12/h2-5,8,11H,6-7H2,1H3,(H,15,16). The molecule has 0 saturated carbocycles. The number of ether oxygens (including phenoxy) is 2. The topological polar surface area (TPSA) is 60.5 Å². The average Bonchev–Trinajstić information content (AvgIpc) is 3.07. The Balaban J connectivity index is 1.69. The van der Waals surface area contributed by atoms with Crippen LogP contribution in [0.3, 0.4) is 0 Å². The molecule has 6 heteroatoms. The zero-order valence-electron chi connectivity index (χ0n) is 11.0. The van der Waals surface area contributed by atoms with Gasteiger partial charge in [-0.1, -0.05) is 18.2 Å². The van der Waals surface area contributed by atoms with Crippen LogP contribution in [0, 0.1) is 0 Å². The first-order chi connectivity index (χ1) is 9.76. The fourth-order valence-corrected chi connectivity index (χ4v) is 2.87. The van der Waals surface area contributed by atoms with Gasteiger partial charge in [0, 0.05) is 10.9 Å². The van der Waals surface area contributed by atoms with Crippen LogP contribution >= 0.6 is 11.3 Å². The summed E-state index contributed by atoms with van der Waals surface area (Å²) in [4.78, 5) is 15.6. The molecule has 0 bridgehead atoms. The van der Waals surface area contributed by atoms with Crippen LogP contribution in [-0.4, -0.2) is 24.7 Å². The van der Waals surface area contributed by atoms with E-state index in [1.54, 1.807) is 0 Å². The van der Waals surface area contributed by atoms with Gasteiger partial charge in [0.2, 0.25) is 0 Å². The second-order valence-corrected chi connectivity index (χ2v) is 5.30. The number of hydrogen-bond donors (Lipinski definition) is 1. The highest BCUT2D eigenvalue weighted by Gasteiger charge is 2.24. The number of nitrogens with one attached hydrogen (secondary N) is 1. The average molecular weight is 290 g/mol. The molecule has 20 heavy (non-hydrogen) atoms. The molecule has 0 aliphatic carbocycles. The van der Waals surface area contributed by atoms with E-state index in [9.17, 15) is 4.79 Å². The molecule has 1 aromatic carbocycles. The Labute approximate surface area is 120 Å². The summed E-state index contributed by atoms with van der Waals surface area (Å²) in [5, 5.41) is 5.99. The van der Waals surface area contributed by atoms with Gasteiger partial charge >= 0.3 is 5.97 Å². The predicted molar refractivity (Wildman–Crippen MR) is 76.1 cm³/mol. The van der Waals surface area contributed by atoms with E-state index in [2.05, 4.69) is 15.0 Å². The number of carbonyl (C=O) groups is 1. The second kappa shape index (κ2) is 5.50. The van der Waals surface area contributed by atoms with Crippen LogP contribution in [0.1, 0.15) is 17.3 Å². The fraction of sp³-hybridized carbons (Fsp3) is 0.286. The number of fused-ring (bicyclic) bond motifs is 1. The summed E-state index contributed by atoms with van der Waals surface area (Å²) in [5.41, 5.74) is 1.86. The summed E-state index contributed by atoms with van der Waals surface area (Å²) in [6.45, 7) is 0.589. The SMILES string of the molecule is COC(=O)Cc1csc(NC2COc3ccccc32)n1. The number of benzene rings is 1. The van der Waals surface area contributed by atoms with Gasteiger partial charge in [0.1, 0.15) is 12.4 Å². The summed E-state index contributed by atoms with van der Waals surface area (Å²) in [7, 11) is 1.38. The van der Waals surface area contributed by atoms with E-state index in [1.807, 2.05) is 29.6 Å². The zero-order valence-corrected chi connectivity index (χ0v) is 11.8. The number of anilines is 1. The van der Waals surface area contributed by atoms with Crippen LogP contribution in [0.2, 0.25) is 0 Å². The van der Waals surface area contributed by atoms with E-state index < -0.39 is 0 Å². The smallest absolute Gasteiger partial charge is 0.311 e. The maximum absolute atomic E-state index is 11.2. The fourth-order valence-electron chi connectivity index (χ4n) is 2.11. The Morgan fingerprint density at radius 1 is 1.55 bits per heavy atom. The summed E-state index contributed by atoms with van der Waals surface area (Å²) in [6.07, 6.45) is 0.201. The lowest BCUT2D eigenvalue weighted by atomic mass is 10.1. The summed E-state index contributed by atoms with van der Waals surface area (Å²) in [5.74, 6) is 0.632. The second-order valence-electron chi connectivity index (χ2n) is 4.44. The van der Waals surface area contributed by atoms with E-state index in [0.717, 1.165) is 22.1 Å². The first kappa shape index (κ1) is 12.9. The van der Waals surface area contributed by atoms with Gasteiger partial charge in [-0.05, 0) is 6.07 Å². The van der Waals surface area contributed by atoms with Crippen LogP contribution in [0.25, 0.3) is 0 Å². The van der Waals surface area contributed by atoms with Crippen LogP contribution in [0.4, 0.5) is 5.13 Å². The Hall–Kier alpha value is -2.08. The van der Waals surface area contributed by atoms with Gasteiger partial charge in [-0.15, -0.1) is 11.3 Å². The molecule has 1 aliphatic heterocycles. The minimum absolute atomic E-state index is 0.100. The Morgan fingerprint density at radius 3 is 3.25 bits per heavy atom. The monoisotopic (exact) mass is 290 g/mol. The first-order valence-corrected chi connectivity index (χ1v) is 7.13. The molecule has 1 unspecified atom stereocenters. The van der Waals surface area contributed by atoms with Crippen molar-refractivity contribution < 1.29 is 14.3 Å². The maximum atomic E-state index is 11.2. The Bertz CT molecular complexity index is 626. The van der Waals surface area contributed by atoms with Gasteiger partial charge in [0.05, 0.1) is 25.3 Å². The number of rotatable bonds is 4. The van der Waals surface area contributed by atoms with Crippen LogP contribution in [0.15, 0.2) is 29.6 Å². The number of methoxy groups -OCH3 is 1. The van der Waals surface area contributed by atoms with Crippen molar-refractivity contribution in [1.82, 2.24) is 4.98 Å². The van der Waals surface area contributed by atoms with Gasteiger partial charge in [-0.2, -0.15) is 0 Å². The van der Waals surface area contributed by atoms with Crippen LogP contribution in [0.5, 0.6) is 5.75 Å². The molecule has 1 N–H and O–H groups in total. The van der Waals surface area contributed by atoms with Gasteiger partial charge in [-0.3, -0.25) is 4.79 Å². The number of hydrogen-bond acceptors (Lipinski definition) is 6. The number of carbonyl (C=O) groups excluding carboxylic acids is 1. The normalized spacial score (nSPS) is 16.4. The van der Waals surface area contributed by atoms with Crippen molar-refractivity contribution in [2.75, 3.05) is 19.0 Å². The molecule has 0 fully saturated rings. The van der Waals surface area contributed by atoms with Gasteiger partial charge in [0.15, 0.2) is 5.13 Å². The lowest BCUT2D eigenvalue weighted by Crippen LogP contribution is -2.12. The Morgan fingerprint density at radius 2 is 2.40 bits per heavy atom. The Kier molecular flexibility index (Phi) is 3.56. The molecule has 2 heterocycles. The van der Waals surface area contributed by atoms with Gasteiger partial charge in [-0.25, -0.2) is 4.98 Å². The van der Waals surface area contributed by atoms with Gasteiger partial charge in [0.25, 0.3) is 0 Å². The molecule has 5 nitrogen and oxygen atoms in total. The van der Waals surface area contributed by atoms with Crippen molar-refractivity contribution >= 4 is 22.4 Å². The number of esters is 1. The van der Waals surface area contributed by atoms with E-state index in [0.29, 0.717) is 6.61 Å². The molecular formula is C14H14N2O3S. The molecule has 1 atom stereocenters. The molecule has 3 rings (SSSR count). The van der Waals surface area contributed by atoms with E-state index in [4.69, 9.17) is 4.74 Å². The lowest BCUT2D eigenvalue weighted by Gasteiger charge is -2.09. The summed E-state index contributed by atoms with van der Waals surface area (Å²) < 4.78 is 10.2. The summed E-state index contributed by atoms with van der Waals surface area (Å²) >= 11 is 1.48. The minimum atomic E-state index is -0.281. The van der Waals surface area contributed by atoms with Crippen molar-refractivity contribution in [2.24, 2.45) is 0 Å². The van der Waals surface area contributed by atoms with E-state index >= 15 is 0 Å². The van der Waals surface area contributed by atoms with Crippen molar-refractivity contribution in [3.8, 4) is 5.75 Å². The minimum Gasteiger partial charge on any atom is -0.491 e. The highest BCUT2D eigenvalue weighted by molar-refractivity contribution is 7.13. The highest BCUT2D eigenvalue weighted by Crippen LogP contribution is 2.34. The molecule has 0 radical (unpaired) electrons. The number of thiazole rings is 1. The van der Waals surface area contributed by atoms with Crippen molar-refractivity contribution in [3.63, 3.8) is 0 Å². The molecule has 1 aliphatic rings. The van der Waals surface area contributed by atoms with Crippen molar-refractivity contribution in [2.45, 2.75) is 12.5 Å². The molecule has 2 aromatic rings. The summed E-state index contributed by atoms with van der Waals surface area (Å²) in [6, 6.07) is 8.05. The molecular weight excluding hydrogens is 276 g/mol. The third-order valence-electron chi connectivity index (χ3n) is 3.10. The number of nitrogens with zero attached hydrogens (tertiary/aromatic N) is 1. The molecule has 0 spiro atoms. The quantitative estimate of drug-likeness (QED) is 0.876. The molecule has 0 saturated heterocycles. The number of aromatic nitrogens is 1. The molecule has 1 aromatic heterocycles. The third kappa shape index (κ3) is 2.60. The third-order valence-corrected chi connectivity index (χ3v) is 3.92. The van der Waals surface area contributed by atoms with Crippen molar-refractivity contribution in [3.05, 3.63) is 40.9 Å². The highest BCUT2D eigenvalue weighted by atomic mass is 32.1. The molecule has 104 valence electrons. The van der Waals surface area contributed by atoms with Crippen molar-refractivity contribution in [1.29, 1.82) is 0 Å².